The molecule has 5 rings (SSSR count). The summed E-state index contributed by atoms with van der Waals surface area (Å²) in [4.78, 5) is 37.9. The summed E-state index contributed by atoms with van der Waals surface area (Å²) < 4.78 is 6.99. The summed E-state index contributed by atoms with van der Waals surface area (Å²) in [5, 5.41) is 6.22. The summed E-state index contributed by atoms with van der Waals surface area (Å²) in [6.45, 7) is 3.87. The van der Waals surface area contributed by atoms with Gasteiger partial charge in [-0.05, 0) is 38.2 Å². The topological polar surface area (TPSA) is 81.0 Å². The summed E-state index contributed by atoms with van der Waals surface area (Å²) in [5.74, 6) is -0.955. The van der Waals surface area contributed by atoms with Gasteiger partial charge in [-0.1, -0.05) is 30.4 Å². The van der Waals surface area contributed by atoms with Crippen LogP contribution in [0.25, 0.3) is 10.9 Å². The van der Waals surface area contributed by atoms with E-state index in [0.29, 0.717) is 6.61 Å². The van der Waals surface area contributed by atoms with Crippen molar-refractivity contribution < 1.29 is 19.1 Å². The van der Waals surface area contributed by atoms with Crippen molar-refractivity contribution in [3.05, 3.63) is 48.2 Å². The van der Waals surface area contributed by atoms with Crippen LogP contribution in [0.1, 0.15) is 31.9 Å². The van der Waals surface area contributed by atoms with E-state index in [1.807, 2.05) is 35.0 Å². The number of hydrogen-bond donors (Lipinski definition) is 0. The van der Waals surface area contributed by atoms with Gasteiger partial charge in [0.15, 0.2) is 0 Å². The van der Waals surface area contributed by atoms with E-state index in [4.69, 9.17) is 4.74 Å². The van der Waals surface area contributed by atoms with Gasteiger partial charge in [-0.15, -0.1) is 0 Å². The molecule has 0 spiro atoms. The molecule has 7 heteroatoms. The fraction of sp³-hybridized carbons (Fsp3) is 0.391. The highest BCUT2D eigenvalue weighted by molar-refractivity contribution is 6.07. The molecule has 2 amide bonds. The maximum absolute atomic E-state index is 12.8. The molecule has 2 aromatic rings. The lowest BCUT2D eigenvalue weighted by molar-refractivity contribution is -0.146. The number of carbonyl (C=O) groups excluding carboxylic acids is 3. The van der Waals surface area contributed by atoms with E-state index in [1.165, 1.54) is 0 Å². The number of hydrogen-bond acceptors (Lipinski definition) is 5. The zero-order valence-electron chi connectivity index (χ0n) is 16.9. The second kappa shape index (κ2) is 6.93. The number of rotatable bonds is 5. The van der Waals surface area contributed by atoms with Gasteiger partial charge in [-0.25, -0.2) is 4.79 Å². The Morgan fingerprint density at radius 3 is 2.53 bits per heavy atom. The Hall–Kier alpha value is -3.22. The van der Waals surface area contributed by atoms with E-state index in [0.717, 1.165) is 27.9 Å². The van der Waals surface area contributed by atoms with Gasteiger partial charge in [0.2, 0.25) is 0 Å². The maximum atomic E-state index is 12.8. The third-order valence-electron chi connectivity index (χ3n) is 6.58. The molecule has 7 nitrogen and oxygen atoms in total. The monoisotopic (exact) mass is 405 g/mol. The number of aromatic nitrogens is 1. The van der Waals surface area contributed by atoms with Crippen molar-refractivity contribution in [2.45, 2.75) is 26.3 Å². The van der Waals surface area contributed by atoms with Crippen molar-refractivity contribution in [2.24, 2.45) is 28.8 Å². The fourth-order valence-corrected chi connectivity index (χ4v) is 5.15. The molecule has 1 saturated carbocycles. The van der Waals surface area contributed by atoms with E-state index in [9.17, 15) is 14.4 Å². The summed E-state index contributed by atoms with van der Waals surface area (Å²) in [7, 11) is 0. The fourth-order valence-electron chi connectivity index (χ4n) is 5.15. The van der Waals surface area contributed by atoms with Crippen molar-refractivity contribution in [3.8, 4) is 0 Å². The first-order valence-electron chi connectivity index (χ1n) is 10.4. The summed E-state index contributed by atoms with van der Waals surface area (Å²) >= 11 is 0. The molecule has 5 atom stereocenters. The first-order chi connectivity index (χ1) is 14.5. The number of ether oxygens (including phenoxy) is 1. The van der Waals surface area contributed by atoms with Crippen LogP contribution in [-0.2, 0) is 19.1 Å². The van der Waals surface area contributed by atoms with Crippen molar-refractivity contribution in [3.63, 3.8) is 0 Å². The van der Waals surface area contributed by atoms with Crippen LogP contribution >= 0.6 is 0 Å². The van der Waals surface area contributed by atoms with Crippen molar-refractivity contribution in [1.29, 1.82) is 0 Å². The Balaban J connectivity index is 1.46. The Bertz CT molecular complexity index is 1080. The lowest BCUT2D eigenvalue weighted by Gasteiger charge is -2.13. The average Bonchev–Trinajstić information content (AvgIpc) is 3.50. The smallest absolute Gasteiger partial charge is 0.328 e. The second-order valence-corrected chi connectivity index (χ2v) is 8.17. The number of carbonyl (C=O) groups is 3. The largest absolute Gasteiger partial charge is 0.464 e. The predicted octanol–water partition coefficient (Wildman–Crippen LogP) is 2.91. The molecular formula is C23H23N3O4. The van der Waals surface area contributed by atoms with Gasteiger partial charge in [-0.2, -0.15) is 10.1 Å². The third-order valence-corrected chi connectivity index (χ3v) is 6.58. The van der Waals surface area contributed by atoms with Crippen molar-refractivity contribution in [2.75, 3.05) is 6.61 Å². The molecule has 3 aliphatic rings. The van der Waals surface area contributed by atoms with E-state index < -0.39 is 6.04 Å². The van der Waals surface area contributed by atoms with Crippen LogP contribution in [0, 0.1) is 23.7 Å². The van der Waals surface area contributed by atoms with Crippen molar-refractivity contribution in [1.82, 2.24) is 9.58 Å². The Morgan fingerprint density at radius 1 is 1.20 bits per heavy atom. The molecule has 1 aromatic heterocycles. The van der Waals surface area contributed by atoms with Crippen LogP contribution in [0.5, 0.6) is 0 Å². The number of hydrazone groups is 1. The van der Waals surface area contributed by atoms with Gasteiger partial charge in [0, 0.05) is 22.7 Å². The van der Waals surface area contributed by atoms with Gasteiger partial charge < -0.3 is 9.30 Å². The number of allylic oxidation sites excluding steroid dienone is 2. The van der Waals surface area contributed by atoms with Gasteiger partial charge >= 0.3 is 5.97 Å². The lowest BCUT2D eigenvalue weighted by atomic mass is 9.85. The van der Waals surface area contributed by atoms with Gasteiger partial charge in [-0.3, -0.25) is 9.59 Å². The quantitative estimate of drug-likeness (QED) is 0.332. The predicted molar refractivity (Wildman–Crippen MR) is 110 cm³/mol. The first-order valence-corrected chi connectivity index (χ1v) is 10.4. The minimum Gasteiger partial charge on any atom is -0.464 e. The molecule has 30 heavy (non-hydrogen) atoms. The number of benzene rings is 1. The van der Waals surface area contributed by atoms with Gasteiger partial charge in [0.05, 0.1) is 24.7 Å². The minimum absolute atomic E-state index is 0.156. The zero-order valence-corrected chi connectivity index (χ0v) is 16.9. The maximum Gasteiger partial charge on any atom is 0.328 e. The molecule has 5 unspecified atom stereocenters. The zero-order chi connectivity index (χ0) is 21.0. The lowest BCUT2D eigenvalue weighted by Crippen LogP contribution is -2.28. The van der Waals surface area contributed by atoms with Crippen LogP contribution in [0.3, 0.4) is 0 Å². The molecular weight excluding hydrogens is 382 g/mol. The Morgan fingerprint density at radius 2 is 1.87 bits per heavy atom. The molecule has 1 aromatic carbocycles. The number of imide groups is 1. The highest BCUT2D eigenvalue weighted by atomic mass is 16.5. The van der Waals surface area contributed by atoms with Crippen LogP contribution in [0.15, 0.2) is 47.7 Å². The third kappa shape index (κ3) is 2.65. The average molecular weight is 405 g/mol. The first kappa shape index (κ1) is 18.8. The highest BCUT2D eigenvalue weighted by Gasteiger charge is 2.59. The Kier molecular flexibility index (Phi) is 4.34. The summed E-state index contributed by atoms with van der Waals surface area (Å²) in [6, 6.07) is 7.14. The summed E-state index contributed by atoms with van der Waals surface area (Å²) in [5.41, 5.74) is 1.60. The number of nitrogens with zero attached hydrogens (tertiary/aromatic N) is 3. The number of fused-ring (bicyclic) bond motifs is 6. The molecule has 2 heterocycles. The SMILES string of the molecule is CCOC(=O)C(C)n1cc(C=NN2C(=O)C3C4C=CC(C4)C3C2=O)c2ccccc21. The standard InChI is InChI=1S/C23H23N3O4/c1-3-30-23(29)13(2)25-12-16(17-6-4-5-7-18(17)25)11-24-26-21(27)19-14-8-9-15(10-14)20(19)22(26)28/h4-9,11-15,19-20H,3,10H2,1-2H3. The number of amides is 2. The van der Waals surface area contributed by atoms with E-state index in [1.54, 1.807) is 20.1 Å². The van der Waals surface area contributed by atoms with Crippen LogP contribution in [0.4, 0.5) is 0 Å². The number of para-hydroxylation sites is 1. The number of esters is 1. The van der Waals surface area contributed by atoms with Crippen LogP contribution in [-0.4, -0.2) is 40.2 Å². The van der Waals surface area contributed by atoms with Gasteiger partial charge in [0.1, 0.15) is 6.04 Å². The van der Waals surface area contributed by atoms with E-state index in [2.05, 4.69) is 17.3 Å². The summed E-state index contributed by atoms with van der Waals surface area (Å²) in [6.07, 6.45) is 8.38. The van der Waals surface area contributed by atoms with Crippen molar-refractivity contribution >= 4 is 34.9 Å². The molecule has 1 saturated heterocycles. The molecule has 2 fully saturated rings. The van der Waals surface area contributed by atoms with E-state index >= 15 is 0 Å². The molecule has 1 aliphatic heterocycles. The highest BCUT2D eigenvalue weighted by Crippen LogP contribution is 2.52. The molecule has 2 bridgehead atoms. The second-order valence-electron chi connectivity index (χ2n) is 8.17. The van der Waals surface area contributed by atoms with Gasteiger partial charge in [0.25, 0.3) is 11.8 Å². The molecule has 2 aliphatic carbocycles. The molecule has 0 radical (unpaired) electrons. The van der Waals surface area contributed by atoms with Crippen LogP contribution in [0.2, 0.25) is 0 Å². The normalized spacial score (nSPS) is 28.1. The molecule has 0 N–H and O–H groups in total. The Labute approximate surface area is 174 Å². The minimum atomic E-state index is -0.506. The van der Waals surface area contributed by atoms with Crippen LogP contribution < -0.4 is 0 Å². The molecule has 154 valence electrons. The van der Waals surface area contributed by atoms with E-state index in [-0.39, 0.29) is 41.5 Å².